The van der Waals surface area contributed by atoms with Crippen molar-refractivity contribution in [3.8, 4) is 0 Å². The van der Waals surface area contributed by atoms with Gasteiger partial charge in [0.05, 0.1) is 16.3 Å². The number of fused-ring (bicyclic) bond motifs is 1. The molecule has 2 rings (SSSR count). The van der Waals surface area contributed by atoms with Gasteiger partial charge in [-0.1, -0.05) is 11.8 Å². The molecule has 0 aliphatic heterocycles. The SMILES string of the molecule is CNC(=O)C(C)Sc1nc2ccc(N)cc2[nH]1. The zero-order valence-electron chi connectivity index (χ0n) is 9.65. The Balaban J connectivity index is 2.22. The van der Waals surface area contributed by atoms with Gasteiger partial charge >= 0.3 is 0 Å². The van der Waals surface area contributed by atoms with E-state index < -0.39 is 0 Å². The topological polar surface area (TPSA) is 83.8 Å². The van der Waals surface area contributed by atoms with Crippen molar-refractivity contribution in [1.82, 2.24) is 15.3 Å². The molecule has 5 nitrogen and oxygen atoms in total. The zero-order chi connectivity index (χ0) is 12.4. The second-order valence-electron chi connectivity index (χ2n) is 3.69. The summed E-state index contributed by atoms with van der Waals surface area (Å²) in [6.45, 7) is 1.84. The summed E-state index contributed by atoms with van der Waals surface area (Å²) in [5, 5.41) is 3.15. The highest BCUT2D eigenvalue weighted by molar-refractivity contribution is 8.00. The van der Waals surface area contributed by atoms with Crippen LogP contribution in [0.1, 0.15) is 6.92 Å². The van der Waals surface area contributed by atoms with E-state index in [-0.39, 0.29) is 11.2 Å². The lowest BCUT2D eigenvalue weighted by atomic mass is 10.3. The van der Waals surface area contributed by atoms with Crippen molar-refractivity contribution >= 4 is 34.4 Å². The molecule has 0 aliphatic carbocycles. The largest absolute Gasteiger partial charge is 0.399 e. The number of benzene rings is 1. The Morgan fingerprint density at radius 1 is 1.59 bits per heavy atom. The van der Waals surface area contributed by atoms with Gasteiger partial charge in [-0.3, -0.25) is 4.79 Å². The van der Waals surface area contributed by atoms with Gasteiger partial charge in [-0.15, -0.1) is 0 Å². The number of aromatic amines is 1. The summed E-state index contributed by atoms with van der Waals surface area (Å²) in [6, 6.07) is 5.49. The third-order valence-electron chi connectivity index (χ3n) is 2.39. The molecule has 2 aromatic rings. The minimum atomic E-state index is -0.182. The van der Waals surface area contributed by atoms with Crippen molar-refractivity contribution in [1.29, 1.82) is 0 Å². The van der Waals surface area contributed by atoms with E-state index in [1.807, 2.05) is 19.1 Å². The van der Waals surface area contributed by atoms with Gasteiger partial charge in [-0.25, -0.2) is 4.98 Å². The first-order valence-corrected chi connectivity index (χ1v) is 6.11. The number of amides is 1. The summed E-state index contributed by atoms with van der Waals surface area (Å²) in [5.74, 6) is -0.0185. The van der Waals surface area contributed by atoms with Gasteiger partial charge in [0.25, 0.3) is 0 Å². The number of imidazole rings is 1. The summed E-state index contributed by atoms with van der Waals surface area (Å²) >= 11 is 1.39. The molecule has 0 spiro atoms. The average Bonchev–Trinajstić information content (AvgIpc) is 2.69. The van der Waals surface area contributed by atoms with Crippen LogP contribution < -0.4 is 11.1 Å². The van der Waals surface area contributed by atoms with Crippen LogP contribution in [0.4, 0.5) is 5.69 Å². The Bertz CT molecular complexity index is 551. The van der Waals surface area contributed by atoms with E-state index >= 15 is 0 Å². The number of nitrogens with one attached hydrogen (secondary N) is 2. The summed E-state index contributed by atoms with van der Waals surface area (Å²) in [7, 11) is 1.62. The second-order valence-corrected chi connectivity index (χ2v) is 5.02. The lowest BCUT2D eigenvalue weighted by Gasteiger charge is -2.06. The van der Waals surface area contributed by atoms with Crippen molar-refractivity contribution < 1.29 is 4.79 Å². The minimum absolute atomic E-state index is 0.0185. The molecule has 1 aromatic carbocycles. The first kappa shape index (κ1) is 11.8. The summed E-state index contributed by atoms with van der Waals surface area (Å²) in [6.07, 6.45) is 0. The Morgan fingerprint density at radius 2 is 2.35 bits per heavy atom. The van der Waals surface area contributed by atoms with E-state index in [1.165, 1.54) is 11.8 Å². The fraction of sp³-hybridized carbons (Fsp3) is 0.273. The number of aromatic nitrogens is 2. The molecule has 90 valence electrons. The van der Waals surface area contributed by atoms with E-state index in [0.717, 1.165) is 16.2 Å². The number of hydrogen-bond donors (Lipinski definition) is 3. The maximum absolute atomic E-state index is 11.4. The van der Waals surface area contributed by atoms with Gasteiger partial charge in [-0.2, -0.15) is 0 Å². The monoisotopic (exact) mass is 250 g/mol. The molecule has 0 saturated heterocycles. The Kier molecular flexibility index (Phi) is 3.23. The molecule has 1 aromatic heterocycles. The molecule has 1 unspecified atom stereocenters. The predicted molar refractivity (Wildman–Crippen MR) is 69.9 cm³/mol. The molecule has 4 N–H and O–H groups in total. The van der Waals surface area contributed by atoms with Crippen molar-refractivity contribution in [2.24, 2.45) is 0 Å². The lowest BCUT2D eigenvalue weighted by Crippen LogP contribution is -2.27. The predicted octanol–water partition coefficient (Wildman–Crippen LogP) is 1.37. The second kappa shape index (κ2) is 4.67. The first-order valence-electron chi connectivity index (χ1n) is 5.23. The van der Waals surface area contributed by atoms with Gasteiger partial charge in [0, 0.05) is 12.7 Å². The number of thioether (sulfide) groups is 1. The number of anilines is 1. The molecule has 0 bridgehead atoms. The zero-order valence-corrected chi connectivity index (χ0v) is 10.5. The number of nitrogens with two attached hydrogens (primary N) is 1. The van der Waals surface area contributed by atoms with E-state index in [1.54, 1.807) is 13.1 Å². The molecule has 1 heterocycles. The highest BCUT2D eigenvalue weighted by atomic mass is 32.2. The van der Waals surface area contributed by atoms with Crippen molar-refractivity contribution in [3.63, 3.8) is 0 Å². The number of hydrogen-bond acceptors (Lipinski definition) is 4. The smallest absolute Gasteiger partial charge is 0.233 e. The van der Waals surface area contributed by atoms with Crippen molar-refractivity contribution in [3.05, 3.63) is 18.2 Å². The molecule has 0 aliphatic rings. The summed E-state index contributed by atoms with van der Waals surface area (Å²) < 4.78 is 0. The van der Waals surface area contributed by atoms with Crippen LogP contribution in [0.2, 0.25) is 0 Å². The van der Waals surface area contributed by atoms with Gasteiger partial charge < -0.3 is 16.0 Å². The maximum Gasteiger partial charge on any atom is 0.233 e. The normalized spacial score (nSPS) is 12.6. The summed E-state index contributed by atoms with van der Waals surface area (Å²) in [4.78, 5) is 18.9. The van der Waals surface area contributed by atoms with Crippen LogP contribution >= 0.6 is 11.8 Å². The third kappa shape index (κ3) is 2.52. The van der Waals surface area contributed by atoms with E-state index in [9.17, 15) is 4.79 Å². The van der Waals surface area contributed by atoms with Crippen LogP contribution in [0.3, 0.4) is 0 Å². The first-order chi connectivity index (χ1) is 8.10. The van der Waals surface area contributed by atoms with E-state index in [4.69, 9.17) is 5.73 Å². The average molecular weight is 250 g/mol. The molecule has 1 atom stereocenters. The molecular weight excluding hydrogens is 236 g/mol. The van der Waals surface area contributed by atoms with E-state index in [2.05, 4.69) is 15.3 Å². The van der Waals surface area contributed by atoms with Crippen LogP contribution in [0, 0.1) is 0 Å². The van der Waals surface area contributed by atoms with Crippen LogP contribution in [0.5, 0.6) is 0 Å². The maximum atomic E-state index is 11.4. The quantitative estimate of drug-likeness (QED) is 0.567. The Hall–Kier alpha value is -1.69. The molecule has 1 amide bonds. The van der Waals surface area contributed by atoms with Crippen LogP contribution in [0.15, 0.2) is 23.4 Å². The molecular formula is C11H14N4OS. The molecule has 6 heteroatoms. The minimum Gasteiger partial charge on any atom is -0.399 e. The molecule has 0 fully saturated rings. The van der Waals surface area contributed by atoms with E-state index in [0.29, 0.717) is 5.69 Å². The van der Waals surface area contributed by atoms with Gasteiger partial charge in [0.1, 0.15) is 0 Å². The number of carbonyl (C=O) groups is 1. The lowest BCUT2D eigenvalue weighted by molar-refractivity contribution is -0.119. The van der Waals surface area contributed by atoms with Crippen molar-refractivity contribution in [2.75, 3.05) is 12.8 Å². The summed E-state index contributed by atoms with van der Waals surface area (Å²) in [5.41, 5.74) is 8.12. The van der Waals surface area contributed by atoms with Crippen molar-refractivity contribution in [2.45, 2.75) is 17.3 Å². The number of nitrogens with zero attached hydrogens (tertiary/aromatic N) is 1. The fourth-order valence-corrected chi connectivity index (χ4v) is 2.36. The molecule has 0 radical (unpaired) electrons. The molecule has 17 heavy (non-hydrogen) atoms. The van der Waals surface area contributed by atoms with Gasteiger partial charge in [-0.05, 0) is 25.1 Å². The van der Waals surface area contributed by atoms with Gasteiger partial charge in [0.2, 0.25) is 5.91 Å². The van der Waals surface area contributed by atoms with Crippen LogP contribution in [-0.4, -0.2) is 28.2 Å². The van der Waals surface area contributed by atoms with Gasteiger partial charge in [0.15, 0.2) is 5.16 Å². The number of rotatable bonds is 3. The molecule has 0 saturated carbocycles. The Labute approximate surface area is 103 Å². The number of carbonyl (C=O) groups excluding carboxylic acids is 1. The highest BCUT2D eigenvalue weighted by Crippen LogP contribution is 2.24. The number of H-pyrrole nitrogens is 1. The third-order valence-corrected chi connectivity index (χ3v) is 3.37. The fourth-order valence-electron chi connectivity index (χ4n) is 1.48. The Morgan fingerprint density at radius 3 is 3.06 bits per heavy atom. The van der Waals surface area contributed by atoms with Crippen LogP contribution in [-0.2, 0) is 4.79 Å². The standard InChI is InChI=1S/C11H14N4OS/c1-6(10(16)13-2)17-11-14-8-4-3-7(12)5-9(8)15-11/h3-6H,12H2,1-2H3,(H,13,16)(H,14,15). The highest BCUT2D eigenvalue weighted by Gasteiger charge is 2.14. The number of nitrogen functional groups attached to an aromatic ring is 1. The van der Waals surface area contributed by atoms with Crippen LogP contribution in [0.25, 0.3) is 11.0 Å².